The minimum atomic E-state index is 0.151. The number of methoxy groups -OCH3 is 1. The molecule has 0 radical (unpaired) electrons. The third-order valence-electron chi connectivity index (χ3n) is 3.70. The SMILES string of the molecule is COCCn1ncc(Br)c1C(=O)CCC1CCCCN1. The Morgan fingerprint density at radius 1 is 1.60 bits per heavy atom. The molecule has 1 aliphatic heterocycles. The molecule has 0 saturated carbocycles. The summed E-state index contributed by atoms with van der Waals surface area (Å²) in [5.41, 5.74) is 0.665. The molecule has 20 heavy (non-hydrogen) atoms. The molecule has 1 saturated heterocycles. The molecule has 0 aliphatic carbocycles. The quantitative estimate of drug-likeness (QED) is 0.772. The fourth-order valence-electron chi connectivity index (χ4n) is 2.58. The average Bonchev–Trinajstić information content (AvgIpc) is 2.84. The smallest absolute Gasteiger partial charge is 0.182 e. The number of ketones is 1. The van der Waals surface area contributed by atoms with Crippen LogP contribution < -0.4 is 5.32 Å². The number of hydrogen-bond donors (Lipinski definition) is 1. The van der Waals surface area contributed by atoms with Crippen molar-refractivity contribution in [2.75, 3.05) is 20.3 Å². The highest BCUT2D eigenvalue weighted by Crippen LogP contribution is 2.20. The molecule has 0 aromatic carbocycles. The van der Waals surface area contributed by atoms with Crippen LogP contribution in [0, 0.1) is 0 Å². The van der Waals surface area contributed by atoms with Crippen LogP contribution in [0.2, 0.25) is 0 Å². The van der Waals surface area contributed by atoms with Crippen LogP contribution in [-0.4, -0.2) is 41.9 Å². The Morgan fingerprint density at radius 2 is 2.45 bits per heavy atom. The van der Waals surface area contributed by atoms with E-state index in [0.717, 1.165) is 17.4 Å². The van der Waals surface area contributed by atoms with E-state index in [4.69, 9.17) is 4.74 Å². The van der Waals surface area contributed by atoms with E-state index < -0.39 is 0 Å². The van der Waals surface area contributed by atoms with Crippen LogP contribution in [-0.2, 0) is 11.3 Å². The van der Waals surface area contributed by atoms with Crippen molar-refractivity contribution >= 4 is 21.7 Å². The van der Waals surface area contributed by atoms with Crippen molar-refractivity contribution in [2.45, 2.75) is 44.7 Å². The molecule has 1 aliphatic rings. The van der Waals surface area contributed by atoms with Gasteiger partial charge in [-0.25, -0.2) is 0 Å². The van der Waals surface area contributed by atoms with E-state index >= 15 is 0 Å². The molecule has 2 rings (SSSR count). The second-order valence-corrected chi connectivity index (χ2v) is 6.02. The first-order valence-electron chi connectivity index (χ1n) is 7.19. The van der Waals surface area contributed by atoms with Gasteiger partial charge in [0.1, 0.15) is 5.69 Å². The molecule has 1 N–H and O–H groups in total. The van der Waals surface area contributed by atoms with Gasteiger partial charge in [-0.3, -0.25) is 9.48 Å². The summed E-state index contributed by atoms with van der Waals surface area (Å²) in [6.07, 6.45) is 6.84. The number of Topliss-reactive ketones (excluding diaryl/α,β-unsaturated/α-hetero) is 1. The number of piperidine rings is 1. The standard InChI is InChI=1S/C14H22BrN3O2/c1-20-9-8-18-14(12(15)10-17-18)13(19)6-5-11-4-2-3-7-16-11/h10-11,16H,2-9H2,1H3. The van der Waals surface area contributed by atoms with Gasteiger partial charge in [-0.05, 0) is 41.7 Å². The Morgan fingerprint density at radius 3 is 3.15 bits per heavy atom. The van der Waals surface area contributed by atoms with Gasteiger partial charge in [0.25, 0.3) is 0 Å². The van der Waals surface area contributed by atoms with E-state index in [1.54, 1.807) is 18.0 Å². The summed E-state index contributed by atoms with van der Waals surface area (Å²) in [7, 11) is 1.65. The zero-order chi connectivity index (χ0) is 14.4. The van der Waals surface area contributed by atoms with Gasteiger partial charge >= 0.3 is 0 Å². The molecule has 6 heteroatoms. The van der Waals surface area contributed by atoms with E-state index in [-0.39, 0.29) is 5.78 Å². The van der Waals surface area contributed by atoms with Crippen molar-refractivity contribution in [1.29, 1.82) is 0 Å². The van der Waals surface area contributed by atoms with Crippen molar-refractivity contribution in [3.63, 3.8) is 0 Å². The molecule has 1 fully saturated rings. The summed E-state index contributed by atoms with van der Waals surface area (Å²) in [5, 5.41) is 7.70. The Balaban J connectivity index is 1.92. The number of ether oxygens (including phenoxy) is 1. The zero-order valence-corrected chi connectivity index (χ0v) is 13.5. The third-order valence-corrected chi connectivity index (χ3v) is 4.28. The number of rotatable bonds is 7. The molecule has 2 heterocycles. The number of nitrogens with zero attached hydrogens (tertiary/aromatic N) is 2. The summed E-state index contributed by atoms with van der Waals surface area (Å²) in [6, 6.07) is 0.488. The van der Waals surface area contributed by atoms with Gasteiger partial charge in [-0.15, -0.1) is 0 Å². The minimum absolute atomic E-state index is 0.151. The number of hydrogen-bond acceptors (Lipinski definition) is 4. The first-order valence-corrected chi connectivity index (χ1v) is 7.98. The van der Waals surface area contributed by atoms with Crippen LogP contribution in [0.1, 0.15) is 42.6 Å². The van der Waals surface area contributed by atoms with Crippen molar-refractivity contribution in [3.05, 3.63) is 16.4 Å². The summed E-state index contributed by atoms with van der Waals surface area (Å²) in [4.78, 5) is 12.4. The highest BCUT2D eigenvalue weighted by Gasteiger charge is 2.19. The number of carbonyl (C=O) groups is 1. The number of halogens is 1. The largest absolute Gasteiger partial charge is 0.383 e. The van der Waals surface area contributed by atoms with Gasteiger partial charge < -0.3 is 10.1 Å². The average molecular weight is 344 g/mol. The summed E-state index contributed by atoms with van der Waals surface area (Å²) in [5.74, 6) is 0.151. The van der Waals surface area contributed by atoms with Crippen LogP contribution in [0.15, 0.2) is 10.7 Å². The highest BCUT2D eigenvalue weighted by atomic mass is 79.9. The van der Waals surface area contributed by atoms with Crippen LogP contribution in [0.4, 0.5) is 0 Å². The molecule has 112 valence electrons. The van der Waals surface area contributed by atoms with Crippen molar-refractivity contribution in [1.82, 2.24) is 15.1 Å². The monoisotopic (exact) mass is 343 g/mol. The van der Waals surface area contributed by atoms with E-state index in [2.05, 4.69) is 26.3 Å². The Labute approximate surface area is 128 Å². The fourth-order valence-corrected chi connectivity index (χ4v) is 3.10. The molecule has 1 atom stereocenters. The molecule has 1 aromatic rings. The van der Waals surface area contributed by atoms with E-state index in [9.17, 15) is 4.79 Å². The fraction of sp³-hybridized carbons (Fsp3) is 0.714. The van der Waals surface area contributed by atoms with Gasteiger partial charge in [-0.1, -0.05) is 6.42 Å². The van der Waals surface area contributed by atoms with Crippen LogP contribution in [0.5, 0.6) is 0 Å². The molecule has 1 unspecified atom stereocenters. The number of carbonyl (C=O) groups excluding carboxylic acids is 1. The maximum Gasteiger partial charge on any atom is 0.182 e. The lowest BCUT2D eigenvalue weighted by molar-refractivity contribution is 0.0959. The van der Waals surface area contributed by atoms with Crippen molar-refractivity contribution in [3.8, 4) is 0 Å². The number of nitrogens with one attached hydrogen (secondary N) is 1. The second-order valence-electron chi connectivity index (χ2n) is 5.17. The molecule has 0 bridgehead atoms. The summed E-state index contributed by atoms with van der Waals surface area (Å²) < 4.78 is 7.55. The predicted molar refractivity (Wildman–Crippen MR) is 81.0 cm³/mol. The van der Waals surface area contributed by atoms with Gasteiger partial charge in [0.2, 0.25) is 0 Å². The summed E-state index contributed by atoms with van der Waals surface area (Å²) in [6.45, 7) is 2.23. The van der Waals surface area contributed by atoms with Gasteiger partial charge in [0.15, 0.2) is 5.78 Å². The highest BCUT2D eigenvalue weighted by molar-refractivity contribution is 9.10. The Kier molecular flexibility index (Phi) is 6.19. The van der Waals surface area contributed by atoms with Crippen LogP contribution in [0.3, 0.4) is 0 Å². The predicted octanol–water partition coefficient (Wildman–Crippen LogP) is 2.40. The first kappa shape index (κ1) is 15.7. The molecule has 1 aromatic heterocycles. The lowest BCUT2D eigenvalue weighted by Crippen LogP contribution is -2.34. The maximum atomic E-state index is 12.4. The minimum Gasteiger partial charge on any atom is -0.383 e. The van der Waals surface area contributed by atoms with Gasteiger partial charge in [0, 0.05) is 19.6 Å². The third kappa shape index (κ3) is 4.14. The van der Waals surface area contributed by atoms with Crippen molar-refractivity contribution in [2.24, 2.45) is 0 Å². The normalized spacial score (nSPS) is 19.2. The maximum absolute atomic E-state index is 12.4. The van der Waals surface area contributed by atoms with Crippen molar-refractivity contribution < 1.29 is 9.53 Å². The van der Waals surface area contributed by atoms with Gasteiger partial charge in [0.05, 0.1) is 23.8 Å². The number of aromatic nitrogens is 2. The lowest BCUT2D eigenvalue weighted by Gasteiger charge is -2.23. The summed E-state index contributed by atoms with van der Waals surface area (Å²) >= 11 is 3.42. The van der Waals surface area contributed by atoms with E-state index in [1.807, 2.05) is 0 Å². The Hall–Kier alpha value is -0.720. The van der Waals surface area contributed by atoms with Crippen LogP contribution in [0.25, 0.3) is 0 Å². The van der Waals surface area contributed by atoms with E-state index in [0.29, 0.717) is 31.3 Å². The second kappa shape index (κ2) is 7.90. The molecule has 0 amide bonds. The zero-order valence-electron chi connectivity index (χ0n) is 11.9. The molecular formula is C14H22BrN3O2. The lowest BCUT2D eigenvalue weighted by atomic mass is 9.99. The first-order chi connectivity index (χ1) is 9.72. The molecular weight excluding hydrogens is 322 g/mol. The topological polar surface area (TPSA) is 56.2 Å². The molecule has 5 nitrogen and oxygen atoms in total. The Bertz CT molecular complexity index is 442. The van der Waals surface area contributed by atoms with E-state index in [1.165, 1.54) is 19.3 Å². The molecule has 0 spiro atoms. The van der Waals surface area contributed by atoms with Gasteiger partial charge in [-0.2, -0.15) is 5.10 Å². The van der Waals surface area contributed by atoms with Crippen LogP contribution >= 0.6 is 15.9 Å².